The SMILES string of the molecule is Cc1c(-c2cncn2C)cccc1C(Nc1cc(C#N)c2ncc(C#N)c(NCC(C)(C)C)c2c1)c1cn(C2(C(F)(F)F)CC2)nn1. The van der Waals surface area contributed by atoms with Crippen molar-refractivity contribution in [2.45, 2.75) is 58.3 Å². The summed E-state index contributed by atoms with van der Waals surface area (Å²) in [5.41, 5.74) is 3.52. The highest BCUT2D eigenvalue weighted by Gasteiger charge is 2.66. The van der Waals surface area contributed by atoms with Gasteiger partial charge in [0.1, 0.15) is 17.8 Å². The van der Waals surface area contributed by atoms with E-state index in [1.807, 2.05) is 36.7 Å². The molecule has 13 heteroatoms. The van der Waals surface area contributed by atoms with Gasteiger partial charge in [-0.05, 0) is 48.4 Å². The second-order valence-corrected chi connectivity index (χ2v) is 13.2. The van der Waals surface area contributed by atoms with Crippen molar-refractivity contribution in [2.75, 3.05) is 17.2 Å². The maximum atomic E-state index is 14.1. The zero-order chi connectivity index (χ0) is 33.7. The number of nitrogens with zero attached hydrogens (tertiary/aromatic N) is 8. The lowest BCUT2D eigenvalue weighted by atomic mass is 9.93. The first-order chi connectivity index (χ1) is 22.3. The van der Waals surface area contributed by atoms with E-state index in [9.17, 15) is 23.7 Å². The van der Waals surface area contributed by atoms with Crippen LogP contribution in [0.1, 0.15) is 67.6 Å². The summed E-state index contributed by atoms with van der Waals surface area (Å²) in [4.78, 5) is 8.68. The van der Waals surface area contributed by atoms with Gasteiger partial charge in [-0.3, -0.25) is 4.98 Å². The van der Waals surface area contributed by atoms with E-state index in [0.717, 1.165) is 27.1 Å². The topological polar surface area (TPSA) is 133 Å². The van der Waals surface area contributed by atoms with Crippen molar-refractivity contribution < 1.29 is 13.2 Å². The normalized spacial score (nSPS) is 14.8. The van der Waals surface area contributed by atoms with Gasteiger partial charge in [-0.2, -0.15) is 23.7 Å². The molecule has 1 unspecified atom stereocenters. The summed E-state index contributed by atoms with van der Waals surface area (Å²) >= 11 is 0. The zero-order valence-corrected chi connectivity index (χ0v) is 26.6. The molecule has 3 aromatic heterocycles. The molecule has 5 aromatic rings. The molecule has 240 valence electrons. The molecular weight excluding hydrogens is 605 g/mol. The van der Waals surface area contributed by atoms with Crippen molar-refractivity contribution in [3.05, 3.63) is 83.2 Å². The summed E-state index contributed by atoms with van der Waals surface area (Å²) in [6.45, 7) is 8.68. The number of pyridine rings is 1. The van der Waals surface area contributed by atoms with E-state index < -0.39 is 17.8 Å². The standard InChI is InChI=1S/C34H33F3N10/c1-20-24(28-16-40-19-46(28)5)7-6-8-25(20)31(27-17-47(45-44-27)33(9-10-33)34(35,36)37)43-23-11-21(13-38)29-26(12-23)30(22(14-39)15-41-29)42-18-32(2,3)4/h6-8,11-12,15-17,19,31,43H,9-10,18H2,1-5H3,(H,41,42). The predicted molar refractivity (Wildman–Crippen MR) is 171 cm³/mol. The van der Waals surface area contributed by atoms with E-state index in [2.05, 4.69) is 63.8 Å². The van der Waals surface area contributed by atoms with Crippen LogP contribution in [0.15, 0.2) is 55.2 Å². The Balaban J connectivity index is 1.51. The van der Waals surface area contributed by atoms with Gasteiger partial charge in [-0.1, -0.05) is 44.2 Å². The van der Waals surface area contributed by atoms with Crippen molar-refractivity contribution in [1.29, 1.82) is 10.5 Å². The molecule has 2 N–H and O–H groups in total. The second-order valence-electron chi connectivity index (χ2n) is 13.2. The Morgan fingerprint density at radius 3 is 2.43 bits per heavy atom. The molecule has 0 amide bonds. The number of imidazole rings is 1. The van der Waals surface area contributed by atoms with E-state index in [0.29, 0.717) is 34.4 Å². The van der Waals surface area contributed by atoms with Crippen molar-refractivity contribution >= 4 is 22.3 Å². The van der Waals surface area contributed by atoms with Crippen molar-refractivity contribution in [1.82, 2.24) is 29.5 Å². The van der Waals surface area contributed by atoms with Gasteiger partial charge < -0.3 is 15.2 Å². The molecule has 6 rings (SSSR count). The summed E-state index contributed by atoms with van der Waals surface area (Å²) in [6, 6.07) is 12.8. The molecule has 10 nitrogen and oxygen atoms in total. The number of fused-ring (bicyclic) bond motifs is 1. The average Bonchev–Trinajstić information content (AvgIpc) is 3.52. The lowest BCUT2D eigenvalue weighted by Gasteiger charge is -2.24. The fraction of sp³-hybridized carbons (Fsp3) is 0.353. The van der Waals surface area contributed by atoms with Crippen LogP contribution < -0.4 is 10.6 Å². The van der Waals surface area contributed by atoms with Gasteiger partial charge >= 0.3 is 6.18 Å². The maximum absolute atomic E-state index is 14.1. The second kappa shape index (κ2) is 11.4. The fourth-order valence-electron chi connectivity index (χ4n) is 5.82. The lowest BCUT2D eigenvalue weighted by Crippen LogP contribution is -2.35. The van der Waals surface area contributed by atoms with Gasteiger partial charge in [0.25, 0.3) is 0 Å². The molecule has 1 aliphatic rings. The molecular formula is C34H33F3N10. The summed E-state index contributed by atoms with van der Waals surface area (Å²) in [5.74, 6) is 0. The Kier molecular flexibility index (Phi) is 7.67. The van der Waals surface area contributed by atoms with Crippen LogP contribution in [0.5, 0.6) is 0 Å². The fourth-order valence-corrected chi connectivity index (χ4v) is 5.82. The van der Waals surface area contributed by atoms with Gasteiger partial charge in [-0.25, -0.2) is 9.67 Å². The third kappa shape index (κ3) is 5.74. The van der Waals surface area contributed by atoms with Crippen LogP contribution in [0.4, 0.5) is 24.5 Å². The van der Waals surface area contributed by atoms with E-state index >= 15 is 0 Å². The molecule has 0 spiro atoms. The van der Waals surface area contributed by atoms with E-state index in [-0.39, 0.29) is 29.5 Å². The number of halogens is 3. The van der Waals surface area contributed by atoms with E-state index in [4.69, 9.17) is 0 Å². The number of nitrogens with one attached hydrogen (secondary N) is 2. The molecule has 2 aromatic carbocycles. The number of aryl methyl sites for hydroxylation is 1. The van der Waals surface area contributed by atoms with Gasteiger partial charge in [0.2, 0.25) is 0 Å². The molecule has 1 atom stereocenters. The van der Waals surface area contributed by atoms with Crippen LogP contribution in [-0.2, 0) is 12.6 Å². The molecule has 0 saturated heterocycles. The molecule has 0 bridgehead atoms. The number of alkyl halides is 3. The number of aromatic nitrogens is 6. The Morgan fingerprint density at radius 1 is 1.06 bits per heavy atom. The molecule has 1 saturated carbocycles. The van der Waals surface area contributed by atoms with Crippen molar-refractivity contribution in [2.24, 2.45) is 12.5 Å². The number of nitriles is 2. The third-order valence-corrected chi connectivity index (χ3v) is 8.59. The zero-order valence-electron chi connectivity index (χ0n) is 26.6. The largest absolute Gasteiger partial charge is 0.413 e. The van der Waals surface area contributed by atoms with Gasteiger partial charge in [0.05, 0.1) is 52.8 Å². The van der Waals surface area contributed by atoms with Crippen molar-refractivity contribution in [3.63, 3.8) is 0 Å². The summed E-state index contributed by atoms with van der Waals surface area (Å²) in [5, 5.41) is 35.7. The first kappa shape index (κ1) is 31.5. The third-order valence-electron chi connectivity index (χ3n) is 8.59. The van der Waals surface area contributed by atoms with E-state index in [1.165, 1.54) is 12.4 Å². The molecule has 1 fully saturated rings. The van der Waals surface area contributed by atoms with Crippen LogP contribution in [0.2, 0.25) is 0 Å². The summed E-state index contributed by atoms with van der Waals surface area (Å²) in [6.07, 6.45) is 1.64. The minimum atomic E-state index is -4.47. The van der Waals surface area contributed by atoms with Crippen LogP contribution in [-0.4, -0.2) is 42.2 Å². The van der Waals surface area contributed by atoms with Gasteiger partial charge in [0, 0.05) is 36.4 Å². The average molecular weight is 639 g/mol. The summed E-state index contributed by atoms with van der Waals surface area (Å²) < 4.78 is 45.0. The predicted octanol–water partition coefficient (Wildman–Crippen LogP) is 6.99. The first-order valence-electron chi connectivity index (χ1n) is 15.1. The molecule has 1 aliphatic carbocycles. The molecule has 3 heterocycles. The number of hydrogen-bond donors (Lipinski definition) is 2. The Bertz CT molecular complexity index is 2070. The van der Waals surface area contributed by atoms with Crippen LogP contribution in [0.25, 0.3) is 22.2 Å². The van der Waals surface area contributed by atoms with Gasteiger partial charge in [0.15, 0.2) is 5.54 Å². The molecule has 0 radical (unpaired) electrons. The monoisotopic (exact) mass is 638 g/mol. The summed E-state index contributed by atoms with van der Waals surface area (Å²) in [7, 11) is 1.88. The minimum Gasteiger partial charge on any atom is -0.383 e. The first-order valence-corrected chi connectivity index (χ1v) is 15.1. The number of hydrogen-bond acceptors (Lipinski definition) is 8. The Hall–Kier alpha value is -5.43. The maximum Gasteiger partial charge on any atom is 0.413 e. The highest BCUT2D eigenvalue weighted by molar-refractivity contribution is 5.99. The van der Waals surface area contributed by atoms with Crippen LogP contribution >= 0.6 is 0 Å². The van der Waals surface area contributed by atoms with Gasteiger partial charge in [-0.15, -0.1) is 5.10 Å². The quantitative estimate of drug-likeness (QED) is 0.186. The number of anilines is 2. The highest BCUT2D eigenvalue weighted by atomic mass is 19.4. The molecule has 0 aliphatic heterocycles. The number of rotatable bonds is 8. The lowest BCUT2D eigenvalue weighted by molar-refractivity contribution is -0.182. The van der Waals surface area contributed by atoms with Crippen molar-refractivity contribution in [3.8, 4) is 23.4 Å². The van der Waals surface area contributed by atoms with Crippen LogP contribution in [0, 0.1) is 35.0 Å². The highest BCUT2D eigenvalue weighted by Crippen LogP contribution is 2.55. The minimum absolute atomic E-state index is 0.0683. The Labute approximate surface area is 269 Å². The smallest absolute Gasteiger partial charge is 0.383 e. The number of benzene rings is 2. The van der Waals surface area contributed by atoms with E-state index in [1.54, 1.807) is 24.7 Å². The Morgan fingerprint density at radius 2 is 1.81 bits per heavy atom. The molecule has 47 heavy (non-hydrogen) atoms. The van der Waals surface area contributed by atoms with Crippen LogP contribution in [0.3, 0.4) is 0 Å².